The van der Waals surface area contributed by atoms with E-state index >= 15 is 0 Å². The Kier molecular flexibility index (Phi) is 5.93. The zero-order valence-corrected chi connectivity index (χ0v) is 11.5. The third-order valence-electron chi connectivity index (χ3n) is 1.98. The summed E-state index contributed by atoms with van der Waals surface area (Å²) >= 11 is 0. The van der Waals surface area contributed by atoms with Gasteiger partial charge in [0, 0.05) is 0 Å². The first kappa shape index (κ1) is 15.7. The zero-order chi connectivity index (χ0) is 13.6. The fraction of sp³-hybridized carbons (Fsp3) is 0.692. The quantitative estimate of drug-likeness (QED) is 0.770. The molecular formula is C13H23NO3. The number of alkyl carbamates (subject to hydrolysis) is 1. The van der Waals surface area contributed by atoms with Crippen molar-refractivity contribution in [2.75, 3.05) is 0 Å². The number of ketones is 1. The summed E-state index contributed by atoms with van der Waals surface area (Å²) in [4.78, 5) is 23.3. The number of carbonyl (C=O) groups excluding carboxylic acids is 2. The molecule has 0 aliphatic rings. The maximum atomic E-state index is 11.7. The van der Waals surface area contributed by atoms with Crippen molar-refractivity contribution in [2.24, 2.45) is 5.92 Å². The van der Waals surface area contributed by atoms with Crippen LogP contribution in [0.3, 0.4) is 0 Å². The van der Waals surface area contributed by atoms with Gasteiger partial charge in [0.15, 0.2) is 5.78 Å². The molecule has 0 heterocycles. The molecule has 0 aliphatic heterocycles. The van der Waals surface area contributed by atoms with Crippen molar-refractivity contribution in [3.63, 3.8) is 0 Å². The highest BCUT2D eigenvalue weighted by Crippen LogP contribution is 2.09. The van der Waals surface area contributed by atoms with Crippen LogP contribution in [0.4, 0.5) is 4.79 Å². The first-order chi connectivity index (χ1) is 7.67. The summed E-state index contributed by atoms with van der Waals surface area (Å²) in [7, 11) is 0. The van der Waals surface area contributed by atoms with Crippen LogP contribution in [0.1, 0.15) is 41.5 Å². The molecule has 4 nitrogen and oxygen atoms in total. The fourth-order valence-corrected chi connectivity index (χ4v) is 1.27. The molecule has 4 heteroatoms. The normalized spacial score (nSPS) is 13.8. The van der Waals surface area contributed by atoms with Gasteiger partial charge in [-0.1, -0.05) is 19.9 Å². The minimum Gasteiger partial charge on any atom is -0.444 e. The maximum Gasteiger partial charge on any atom is 0.408 e. The Morgan fingerprint density at radius 2 is 1.76 bits per heavy atom. The molecule has 0 spiro atoms. The summed E-state index contributed by atoms with van der Waals surface area (Å²) < 4.78 is 5.12. The summed E-state index contributed by atoms with van der Waals surface area (Å²) in [5, 5.41) is 2.60. The van der Waals surface area contributed by atoms with Gasteiger partial charge in [-0.05, 0) is 39.7 Å². The molecule has 1 atom stereocenters. The third-order valence-corrected chi connectivity index (χ3v) is 1.98. The van der Waals surface area contributed by atoms with Crippen LogP contribution < -0.4 is 5.32 Å². The van der Waals surface area contributed by atoms with E-state index in [1.165, 1.54) is 6.08 Å². The van der Waals surface area contributed by atoms with Crippen LogP contribution in [0.15, 0.2) is 12.2 Å². The molecule has 1 unspecified atom stereocenters. The highest BCUT2D eigenvalue weighted by Gasteiger charge is 2.25. The van der Waals surface area contributed by atoms with Crippen molar-refractivity contribution in [2.45, 2.75) is 53.2 Å². The van der Waals surface area contributed by atoms with E-state index in [4.69, 9.17) is 4.74 Å². The van der Waals surface area contributed by atoms with Crippen LogP contribution in [-0.4, -0.2) is 23.5 Å². The van der Waals surface area contributed by atoms with Gasteiger partial charge in [-0.15, -0.1) is 0 Å². The number of hydrogen-bond acceptors (Lipinski definition) is 3. The molecule has 0 aromatic carbocycles. The topological polar surface area (TPSA) is 55.4 Å². The number of amides is 1. The monoisotopic (exact) mass is 241 g/mol. The van der Waals surface area contributed by atoms with Gasteiger partial charge in [0.2, 0.25) is 0 Å². The van der Waals surface area contributed by atoms with E-state index in [1.54, 1.807) is 33.8 Å². The average molecular weight is 241 g/mol. The average Bonchev–Trinajstić information content (AvgIpc) is 2.11. The van der Waals surface area contributed by atoms with E-state index in [1.807, 2.05) is 13.8 Å². The van der Waals surface area contributed by atoms with Crippen molar-refractivity contribution in [3.05, 3.63) is 12.2 Å². The van der Waals surface area contributed by atoms with Gasteiger partial charge in [-0.25, -0.2) is 4.79 Å². The Morgan fingerprint density at radius 3 is 2.12 bits per heavy atom. The van der Waals surface area contributed by atoms with Crippen LogP contribution in [0, 0.1) is 5.92 Å². The van der Waals surface area contributed by atoms with Crippen LogP contribution in [0.5, 0.6) is 0 Å². The Balaban J connectivity index is 4.57. The third kappa shape index (κ3) is 6.76. The smallest absolute Gasteiger partial charge is 0.408 e. The summed E-state index contributed by atoms with van der Waals surface area (Å²) in [6.45, 7) is 10.9. The molecule has 0 saturated heterocycles. The van der Waals surface area contributed by atoms with Crippen molar-refractivity contribution in [1.82, 2.24) is 5.32 Å². The Bertz CT molecular complexity index is 300. The molecular weight excluding hydrogens is 218 g/mol. The van der Waals surface area contributed by atoms with Gasteiger partial charge in [-0.3, -0.25) is 4.79 Å². The summed E-state index contributed by atoms with van der Waals surface area (Å²) in [6, 6.07) is -0.541. The summed E-state index contributed by atoms with van der Waals surface area (Å²) in [5.41, 5.74) is -0.560. The van der Waals surface area contributed by atoms with Crippen LogP contribution in [-0.2, 0) is 9.53 Å². The molecule has 0 aromatic rings. The van der Waals surface area contributed by atoms with Gasteiger partial charge in [0.25, 0.3) is 0 Å². The lowest BCUT2D eigenvalue weighted by molar-refractivity contribution is -0.117. The lowest BCUT2D eigenvalue weighted by atomic mass is 10.00. The maximum absolute atomic E-state index is 11.7. The lowest BCUT2D eigenvalue weighted by Crippen LogP contribution is -2.45. The summed E-state index contributed by atoms with van der Waals surface area (Å²) in [5.74, 6) is -0.0976. The molecule has 0 fully saturated rings. The summed E-state index contributed by atoms with van der Waals surface area (Å²) in [6.07, 6.45) is 2.56. The highest BCUT2D eigenvalue weighted by atomic mass is 16.6. The molecule has 1 N–H and O–H groups in total. The van der Waals surface area contributed by atoms with E-state index in [0.717, 1.165) is 0 Å². The highest BCUT2D eigenvalue weighted by molar-refractivity contribution is 5.96. The second-order valence-electron chi connectivity index (χ2n) is 5.27. The molecule has 1 amide bonds. The lowest BCUT2D eigenvalue weighted by Gasteiger charge is -2.24. The molecule has 0 aliphatic carbocycles. The molecule has 17 heavy (non-hydrogen) atoms. The molecule has 0 aromatic heterocycles. The number of nitrogens with one attached hydrogen (secondary N) is 1. The molecule has 0 bridgehead atoms. The van der Waals surface area contributed by atoms with E-state index in [0.29, 0.717) is 0 Å². The number of ether oxygens (including phenoxy) is 1. The zero-order valence-electron chi connectivity index (χ0n) is 11.5. The van der Waals surface area contributed by atoms with Crippen molar-refractivity contribution in [3.8, 4) is 0 Å². The first-order valence-corrected chi connectivity index (χ1v) is 5.83. The van der Waals surface area contributed by atoms with Gasteiger partial charge < -0.3 is 10.1 Å². The number of rotatable bonds is 4. The van der Waals surface area contributed by atoms with Crippen molar-refractivity contribution >= 4 is 11.9 Å². The van der Waals surface area contributed by atoms with Crippen molar-refractivity contribution < 1.29 is 14.3 Å². The fourth-order valence-electron chi connectivity index (χ4n) is 1.27. The molecule has 0 saturated carbocycles. The standard InChI is InChI=1S/C13H23NO3/c1-7-8-10(15)11(9(2)3)14-12(16)17-13(4,5)6/h7-9,11H,1-6H3,(H,14,16)/b8-7+. The number of allylic oxidation sites excluding steroid dienone is 1. The predicted octanol–water partition coefficient (Wildman–Crippen LogP) is 2.68. The second kappa shape index (κ2) is 6.42. The number of carbonyl (C=O) groups is 2. The molecule has 98 valence electrons. The van der Waals surface area contributed by atoms with E-state index < -0.39 is 17.7 Å². The van der Waals surface area contributed by atoms with E-state index in [-0.39, 0.29) is 11.7 Å². The van der Waals surface area contributed by atoms with Crippen LogP contribution >= 0.6 is 0 Å². The minimum atomic E-state index is -0.561. The Morgan fingerprint density at radius 1 is 1.24 bits per heavy atom. The predicted molar refractivity (Wildman–Crippen MR) is 67.8 cm³/mol. The van der Waals surface area contributed by atoms with E-state index in [2.05, 4.69) is 5.32 Å². The van der Waals surface area contributed by atoms with Gasteiger partial charge in [-0.2, -0.15) is 0 Å². The van der Waals surface area contributed by atoms with Crippen LogP contribution in [0.2, 0.25) is 0 Å². The first-order valence-electron chi connectivity index (χ1n) is 5.83. The minimum absolute atomic E-state index is 0.0196. The molecule has 0 rings (SSSR count). The largest absolute Gasteiger partial charge is 0.444 e. The van der Waals surface area contributed by atoms with E-state index in [9.17, 15) is 9.59 Å². The Labute approximate surface area is 103 Å². The molecule has 0 radical (unpaired) electrons. The Hall–Kier alpha value is -1.32. The second-order valence-corrected chi connectivity index (χ2v) is 5.27. The van der Waals surface area contributed by atoms with Gasteiger partial charge in [0.1, 0.15) is 5.60 Å². The SMILES string of the molecule is C/C=C/C(=O)C(NC(=O)OC(C)(C)C)C(C)C. The van der Waals surface area contributed by atoms with Crippen molar-refractivity contribution in [1.29, 1.82) is 0 Å². The van der Waals surface area contributed by atoms with Crippen LogP contribution in [0.25, 0.3) is 0 Å². The van der Waals surface area contributed by atoms with Gasteiger partial charge >= 0.3 is 6.09 Å². The number of hydrogen-bond donors (Lipinski definition) is 1. The van der Waals surface area contributed by atoms with Gasteiger partial charge in [0.05, 0.1) is 6.04 Å².